The maximum absolute atomic E-state index is 5.81. The molecule has 2 fully saturated rings. The van der Waals surface area contributed by atoms with Gasteiger partial charge in [0, 0.05) is 24.7 Å². The number of nitrogens with zero attached hydrogens (tertiary/aromatic N) is 3. The number of hydrogen-bond acceptors (Lipinski definition) is 5. The summed E-state index contributed by atoms with van der Waals surface area (Å²) in [5, 5.41) is 0. The molecule has 2 aliphatic heterocycles. The summed E-state index contributed by atoms with van der Waals surface area (Å²) in [4.78, 5) is 11.3. The molecule has 1 aromatic heterocycles. The van der Waals surface area contributed by atoms with Crippen LogP contribution in [0.1, 0.15) is 31.3 Å². The normalized spacial score (nSPS) is 22.1. The minimum absolute atomic E-state index is 0.399. The van der Waals surface area contributed by atoms with E-state index in [0.717, 1.165) is 49.7 Å². The molecule has 1 spiro atoms. The topological polar surface area (TPSA) is 47.5 Å². The van der Waals surface area contributed by atoms with Crippen molar-refractivity contribution in [1.82, 2.24) is 9.97 Å². The van der Waals surface area contributed by atoms with Crippen LogP contribution >= 0.6 is 0 Å². The number of anilines is 1. The molecule has 0 N–H and O–H groups in total. The second-order valence-electron chi connectivity index (χ2n) is 5.25. The van der Waals surface area contributed by atoms with Crippen LogP contribution in [0.15, 0.2) is 6.07 Å². The first-order valence-corrected chi connectivity index (χ1v) is 7.08. The van der Waals surface area contributed by atoms with Crippen LogP contribution in [0.4, 0.5) is 5.82 Å². The maximum Gasteiger partial charge on any atom is 0.186 e. The van der Waals surface area contributed by atoms with E-state index in [1.165, 1.54) is 0 Å². The largest absolute Gasteiger partial charge is 0.351 e. The minimum atomic E-state index is -0.399. The van der Waals surface area contributed by atoms with Crippen LogP contribution in [0.2, 0.25) is 0 Å². The minimum Gasteiger partial charge on any atom is -0.351 e. The SMILES string of the molecule is CCc1cc(N2CCCC3(C2)OCCO3)nc(C)n1. The van der Waals surface area contributed by atoms with Crippen molar-refractivity contribution >= 4 is 5.82 Å². The number of hydrogen-bond donors (Lipinski definition) is 0. The van der Waals surface area contributed by atoms with Gasteiger partial charge in [0.1, 0.15) is 11.6 Å². The van der Waals surface area contributed by atoms with E-state index in [-0.39, 0.29) is 0 Å². The van der Waals surface area contributed by atoms with E-state index in [1.54, 1.807) is 0 Å². The molecule has 5 nitrogen and oxygen atoms in total. The van der Waals surface area contributed by atoms with E-state index in [4.69, 9.17) is 9.47 Å². The van der Waals surface area contributed by atoms with Crippen LogP contribution in [0.3, 0.4) is 0 Å². The van der Waals surface area contributed by atoms with Gasteiger partial charge in [-0.3, -0.25) is 0 Å². The van der Waals surface area contributed by atoms with Gasteiger partial charge in [0.2, 0.25) is 0 Å². The summed E-state index contributed by atoms with van der Waals surface area (Å²) in [6.07, 6.45) is 2.99. The average molecular weight is 263 g/mol. The van der Waals surface area contributed by atoms with Crippen LogP contribution < -0.4 is 4.90 Å². The second-order valence-corrected chi connectivity index (χ2v) is 5.25. The van der Waals surface area contributed by atoms with E-state index < -0.39 is 5.79 Å². The summed E-state index contributed by atoms with van der Waals surface area (Å²) in [7, 11) is 0. The molecule has 0 atom stereocenters. The van der Waals surface area contributed by atoms with Crippen LogP contribution in [0.5, 0.6) is 0 Å². The van der Waals surface area contributed by atoms with Gasteiger partial charge >= 0.3 is 0 Å². The predicted molar refractivity (Wildman–Crippen MR) is 72.2 cm³/mol. The van der Waals surface area contributed by atoms with E-state index in [2.05, 4.69) is 27.9 Å². The van der Waals surface area contributed by atoms with Gasteiger partial charge in [-0.15, -0.1) is 0 Å². The summed E-state index contributed by atoms with van der Waals surface area (Å²) in [5.41, 5.74) is 1.09. The average Bonchev–Trinajstić information content (AvgIpc) is 2.86. The molecule has 0 aliphatic carbocycles. The molecule has 5 heteroatoms. The van der Waals surface area contributed by atoms with Gasteiger partial charge in [0.25, 0.3) is 0 Å². The molecule has 2 saturated heterocycles. The van der Waals surface area contributed by atoms with Gasteiger partial charge in [0.05, 0.1) is 19.8 Å². The number of ether oxygens (including phenoxy) is 2. The van der Waals surface area contributed by atoms with Gasteiger partial charge in [-0.05, 0) is 19.8 Å². The van der Waals surface area contributed by atoms with Crippen molar-refractivity contribution in [3.05, 3.63) is 17.6 Å². The summed E-state index contributed by atoms with van der Waals surface area (Å²) in [5.74, 6) is 1.44. The van der Waals surface area contributed by atoms with E-state index >= 15 is 0 Å². The van der Waals surface area contributed by atoms with Crippen LogP contribution in [-0.4, -0.2) is 42.1 Å². The number of aromatic nitrogens is 2. The summed E-state index contributed by atoms with van der Waals surface area (Å²) >= 11 is 0. The highest BCUT2D eigenvalue weighted by atomic mass is 16.7. The third-order valence-electron chi connectivity index (χ3n) is 3.79. The zero-order valence-electron chi connectivity index (χ0n) is 11.7. The molecule has 0 aromatic carbocycles. The molecular formula is C14H21N3O2. The standard InChI is InChI=1S/C14H21N3O2/c1-3-12-9-13(16-11(2)15-12)17-6-4-5-14(10-17)18-7-8-19-14/h9H,3-8,10H2,1-2H3. The maximum atomic E-state index is 5.81. The number of rotatable bonds is 2. The number of piperidine rings is 1. The van der Waals surface area contributed by atoms with Crippen molar-refractivity contribution in [1.29, 1.82) is 0 Å². The fourth-order valence-electron chi connectivity index (χ4n) is 2.87. The Labute approximate surface area is 113 Å². The lowest BCUT2D eigenvalue weighted by atomic mass is 10.0. The molecule has 19 heavy (non-hydrogen) atoms. The Morgan fingerprint density at radius 3 is 2.84 bits per heavy atom. The van der Waals surface area contributed by atoms with Crippen molar-refractivity contribution in [2.75, 3.05) is 31.2 Å². The highest BCUT2D eigenvalue weighted by Crippen LogP contribution is 2.32. The third-order valence-corrected chi connectivity index (χ3v) is 3.79. The molecule has 1 aromatic rings. The Kier molecular flexibility index (Phi) is 3.41. The molecule has 0 bridgehead atoms. The van der Waals surface area contributed by atoms with Gasteiger partial charge in [-0.1, -0.05) is 6.92 Å². The summed E-state index contributed by atoms with van der Waals surface area (Å²) < 4.78 is 11.6. The Balaban J connectivity index is 1.83. The monoisotopic (exact) mass is 263 g/mol. The zero-order valence-corrected chi connectivity index (χ0v) is 11.7. The van der Waals surface area contributed by atoms with Crippen LogP contribution in [0, 0.1) is 6.92 Å². The first-order chi connectivity index (χ1) is 9.21. The van der Waals surface area contributed by atoms with Crippen LogP contribution in [-0.2, 0) is 15.9 Å². The Morgan fingerprint density at radius 1 is 1.32 bits per heavy atom. The van der Waals surface area contributed by atoms with Crippen LogP contribution in [0.25, 0.3) is 0 Å². The first-order valence-electron chi connectivity index (χ1n) is 7.08. The summed E-state index contributed by atoms with van der Waals surface area (Å²) in [6.45, 7) is 7.26. The van der Waals surface area contributed by atoms with Crippen molar-refractivity contribution in [2.45, 2.75) is 38.9 Å². The van der Waals surface area contributed by atoms with Crippen molar-refractivity contribution in [3.8, 4) is 0 Å². The zero-order chi connectivity index (χ0) is 13.3. The first kappa shape index (κ1) is 12.8. The van der Waals surface area contributed by atoms with Crippen molar-refractivity contribution < 1.29 is 9.47 Å². The van der Waals surface area contributed by atoms with E-state index in [1.807, 2.05) is 6.92 Å². The third kappa shape index (κ3) is 2.58. The molecule has 0 saturated carbocycles. The molecular weight excluding hydrogens is 242 g/mol. The van der Waals surface area contributed by atoms with E-state index in [9.17, 15) is 0 Å². The molecule has 0 radical (unpaired) electrons. The van der Waals surface area contributed by atoms with Crippen molar-refractivity contribution in [3.63, 3.8) is 0 Å². The van der Waals surface area contributed by atoms with Gasteiger partial charge in [0.15, 0.2) is 5.79 Å². The van der Waals surface area contributed by atoms with Gasteiger partial charge in [-0.25, -0.2) is 9.97 Å². The van der Waals surface area contributed by atoms with Crippen molar-refractivity contribution in [2.24, 2.45) is 0 Å². The fourth-order valence-corrected chi connectivity index (χ4v) is 2.87. The lowest BCUT2D eigenvalue weighted by molar-refractivity contribution is -0.161. The molecule has 2 aliphatic rings. The van der Waals surface area contributed by atoms with Gasteiger partial charge < -0.3 is 14.4 Å². The van der Waals surface area contributed by atoms with E-state index in [0.29, 0.717) is 13.2 Å². The molecule has 0 unspecified atom stereocenters. The smallest absolute Gasteiger partial charge is 0.186 e. The van der Waals surface area contributed by atoms with Gasteiger partial charge in [-0.2, -0.15) is 0 Å². The lowest BCUT2D eigenvalue weighted by Gasteiger charge is -2.39. The second kappa shape index (κ2) is 5.06. The Morgan fingerprint density at radius 2 is 2.11 bits per heavy atom. The number of aryl methyl sites for hydroxylation is 2. The Bertz CT molecular complexity index is 458. The molecule has 0 amide bonds. The summed E-state index contributed by atoms with van der Waals surface area (Å²) in [6, 6.07) is 2.08. The molecule has 3 heterocycles. The quantitative estimate of drug-likeness (QED) is 0.812. The lowest BCUT2D eigenvalue weighted by Crippen LogP contribution is -2.49. The fraction of sp³-hybridized carbons (Fsp3) is 0.714. The highest BCUT2D eigenvalue weighted by Gasteiger charge is 2.41. The Hall–Kier alpha value is -1.20. The highest BCUT2D eigenvalue weighted by molar-refractivity contribution is 5.41. The molecule has 104 valence electrons. The predicted octanol–water partition coefficient (Wildman–Crippen LogP) is 1.69. The molecule has 3 rings (SSSR count).